The smallest absolute Gasteiger partial charge is 0.232 e. The molecule has 1 N–H and O–H groups in total. The molecule has 8 heteroatoms. The van der Waals surface area contributed by atoms with Crippen molar-refractivity contribution < 1.29 is 4.21 Å². The van der Waals surface area contributed by atoms with Gasteiger partial charge in [-0.3, -0.25) is 4.21 Å². The van der Waals surface area contributed by atoms with Gasteiger partial charge in [0.05, 0.1) is 0 Å². The summed E-state index contributed by atoms with van der Waals surface area (Å²) in [5, 5.41) is 3.18. The minimum atomic E-state index is -0.690. The van der Waals surface area contributed by atoms with Crippen molar-refractivity contribution in [2.75, 3.05) is 59.3 Å². The molecular weight excluding hydrogens is 288 g/mol. The Bertz CT molecular complexity index is 509. The molecule has 0 bridgehead atoms. The Labute approximate surface area is 127 Å². The summed E-state index contributed by atoms with van der Waals surface area (Å²) in [5.74, 6) is 3.50. The molecule has 1 aromatic heterocycles. The monoisotopic (exact) mass is 310 g/mol. The zero-order valence-corrected chi connectivity index (χ0v) is 13.2. The number of anilines is 3. The van der Waals surface area contributed by atoms with Crippen LogP contribution in [-0.4, -0.2) is 63.4 Å². The minimum Gasteiger partial charge on any atom is -0.354 e. The minimum absolute atomic E-state index is 0.635. The molecule has 0 unspecified atom stereocenters. The molecule has 3 heterocycles. The van der Waals surface area contributed by atoms with Gasteiger partial charge in [-0.1, -0.05) is 0 Å². The zero-order chi connectivity index (χ0) is 14.7. The molecule has 0 aromatic carbocycles. The van der Waals surface area contributed by atoms with Crippen LogP contribution in [0.25, 0.3) is 0 Å². The highest BCUT2D eigenvalue weighted by molar-refractivity contribution is 7.85. The summed E-state index contributed by atoms with van der Waals surface area (Å²) in [7, 11) is -0.690. The van der Waals surface area contributed by atoms with E-state index in [9.17, 15) is 4.21 Å². The van der Waals surface area contributed by atoms with Crippen molar-refractivity contribution in [3.8, 4) is 0 Å². The van der Waals surface area contributed by atoms with Crippen molar-refractivity contribution in [1.82, 2.24) is 15.0 Å². The van der Waals surface area contributed by atoms with Gasteiger partial charge >= 0.3 is 0 Å². The average Bonchev–Trinajstić information content (AvgIpc) is 3.02. The van der Waals surface area contributed by atoms with Crippen LogP contribution in [0.1, 0.15) is 19.8 Å². The van der Waals surface area contributed by atoms with E-state index in [-0.39, 0.29) is 0 Å². The molecule has 2 saturated heterocycles. The largest absolute Gasteiger partial charge is 0.354 e. The second-order valence-corrected chi connectivity index (χ2v) is 7.01. The van der Waals surface area contributed by atoms with Gasteiger partial charge in [-0.15, -0.1) is 0 Å². The van der Waals surface area contributed by atoms with Crippen molar-refractivity contribution in [2.24, 2.45) is 0 Å². The molecule has 7 nitrogen and oxygen atoms in total. The highest BCUT2D eigenvalue weighted by Crippen LogP contribution is 2.21. The van der Waals surface area contributed by atoms with Gasteiger partial charge in [0.2, 0.25) is 17.8 Å². The lowest BCUT2D eigenvalue weighted by molar-refractivity contribution is 0.670. The Morgan fingerprint density at radius 2 is 1.57 bits per heavy atom. The molecule has 0 aliphatic carbocycles. The first-order valence-corrected chi connectivity index (χ1v) is 9.10. The average molecular weight is 310 g/mol. The summed E-state index contributed by atoms with van der Waals surface area (Å²) in [4.78, 5) is 18.0. The maximum Gasteiger partial charge on any atom is 0.232 e. The van der Waals surface area contributed by atoms with E-state index in [4.69, 9.17) is 0 Å². The molecule has 0 spiro atoms. The number of nitrogens with one attached hydrogen (secondary N) is 1. The van der Waals surface area contributed by atoms with Crippen LogP contribution in [0.2, 0.25) is 0 Å². The van der Waals surface area contributed by atoms with Gasteiger partial charge in [0.1, 0.15) is 0 Å². The molecule has 0 radical (unpaired) electrons. The Hall–Kier alpha value is -1.44. The summed E-state index contributed by atoms with van der Waals surface area (Å²) in [6, 6.07) is 0. The number of rotatable bonds is 4. The van der Waals surface area contributed by atoms with Gasteiger partial charge in [-0.05, 0) is 19.8 Å². The van der Waals surface area contributed by atoms with Crippen molar-refractivity contribution in [2.45, 2.75) is 19.8 Å². The van der Waals surface area contributed by atoms with E-state index >= 15 is 0 Å². The second-order valence-electron chi connectivity index (χ2n) is 5.32. The van der Waals surface area contributed by atoms with E-state index in [2.05, 4.69) is 30.1 Å². The predicted molar refractivity (Wildman–Crippen MR) is 85.5 cm³/mol. The van der Waals surface area contributed by atoms with E-state index in [1.165, 1.54) is 12.8 Å². The van der Waals surface area contributed by atoms with E-state index in [0.29, 0.717) is 23.4 Å². The molecule has 116 valence electrons. The van der Waals surface area contributed by atoms with Crippen LogP contribution >= 0.6 is 0 Å². The molecule has 0 atom stereocenters. The first-order valence-electron chi connectivity index (χ1n) is 7.61. The standard InChI is InChI=1S/C13H22N6OS/c1-2-14-11-15-12(18-5-3-4-6-18)17-13(16-11)19-7-9-21(20)10-8-19/h2-10H2,1H3,(H,14,15,16,17). The Morgan fingerprint density at radius 1 is 1.00 bits per heavy atom. The van der Waals surface area contributed by atoms with Crippen molar-refractivity contribution in [3.63, 3.8) is 0 Å². The third-order valence-electron chi connectivity index (χ3n) is 3.80. The maximum absolute atomic E-state index is 11.5. The predicted octanol–water partition coefficient (Wildman–Crippen LogP) is 0.472. The Morgan fingerprint density at radius 3 is 2.14 bits per heavy atom. The van der Waals surface area contributed by atoms with Crippen LogP contribution in [0.15, 0.2) is 0 Å². The van der Waals surface area contributed by atoms with Gasteiger partial charge in [-0.25, -0.2) is 0 Å². The highest BCUT2D eigenvalue weighted by Gasteiger charge is 2.22. The van der Waals surface area contributed by atoms with Crippen molar-refractivity contribution in [1.29, 1.82) is 0 Å². The summed E-state index contributed by atoms with van der Waals surface area (Å²) in [5.41, 5.74) is 0. The summed E-state index contributed by atoms with van der Waals surface area (Å²) in [6.07, 6.45) is 2.39. The lowest BCUT2D eigenvalue weighted by Gasteiger charge is -2.27. The second kappa shape index (κ2) is 6.55. The van der Waals surface area contributed by atoms with Gasteiger partial charge < -0.3 is 15.1 Å². The van der Waals surface area contributed by atoms with Crippen LogP contribution in [0.3, 0.4) is 0 Å². The first-order chi connectivity index (χ1) is 10.3. The number of hydrogen-bond donors (Lipinski definition) is 1. The van der Waals surface area contributed by atoms with E-state index in [0.717, 1.165) is 38.7 Å². The lowest BCUT2D eigenvalue weighted by atomic mass is 10.4. The number of hydrogen-bond acceptors (Lipinski definition) is 7. The molecule has 2 aliphatic heterocycles. The molecule has 3 rings (SSSR count). The normalized spacial score (nSPS) is 20.0. The summed E-state index contributed by atoms with van der Waals surface area (Å²) < 4.78 is 11.5. The Kier molecular flexibility index (Phi) is 4.52. The third kappa shape index (κ3) is 3.42. The zero-order valence-electron chi connectivity index (χ0n) is 12.4. The quantitative estimate of drug-likeness (QED) is 0.866. The van der Waals surface area contributed by atoms with E-state index in [1.54, 1.807) is 0 Å². The van der Waals surface area contributed by atoms with Gasteiger partial charge in [0.25, 0.3) is 0 Å². The van der Waals surface area contributed by atoms with Crippen LogP contribution in [-0.2, 0) is 10.8 Å². The van der Waals surface area contributed by atoms with Crippen LogP contribution in [0.4, 0.5) is 17.8 Å². The molecule has 2 aliphatic rings. The fraction of sp³-hybridized carbons (Fsp3) is 0.769. The van der Waals surface area contributed by atoms with Gasteiger partial charge in [-0.2, -0.15) is 15.0 Å². The third-order valence-corrected chi connectivity index (χ3v) is 5.07. The number of aromatic nitrogens is 3. The molecular formula is C13H22N6OS. The topological polar surface area (TPSA) is 74.2 Å². The van der Waals surface area contributed by atoms with Crippen LogP contribution < -0.4 is 15.1 Å². The Balaban J connectivity index is 1.85. The van der Waals surface area contributed by atoms with Crippen molar-refractivity contribution >= 4 is 28.6 Å². The highest BCUT2D eigenvalue weighted by atomic mass is 32.2. The summed E-state index contributed by atoms with van der Waals surface area (Å²) >= 11 is 0. The molecule has 0 amide bonds. The van der Waals surface area contributed by atoms with Crippen LogP contribution in [0, 0.1) is 0 Å². The number of nitrogens with zero attached hydrogens (tertiary/aromatic N) is 5. The molecule has 2 fully saturated rings. The van der Waals surface area contributed by atoms with Crippen molar-refractivity contribution in [3.05, 3.63) is 0 Å². The van der Waals surface area contributed by atoms with Gasteiger partial charge in [0, 0.05) is 55.0 Å². The molecule has 21 heavy (non-hydrogen) atoms. The lowest BCUT2D eigenvalue weighted by Crippen LogP contribution is -2.39. The molecule has 0 saturated carbocycles. The SMILES string of the molecule is CCNc1nc(N2CCCC2)nc(N2CCS(=O)CC2)n1. The van der Waals surface area contributed by atoms with E-state index < -0.39 is 10.8 Å². The maximum atomic E-state index is 11.5. The summed E-state index contributed by atoms with van der Waals surface area (Å²) in [6.45, 7) is 6.34. The van der Waals surface area contributed by atoms with Gasteiger partial charge in [0.15, 0.2) is 0 Å². The molecule has 1 aromatic rings. The fourth-order valence-corrected chi connectivity index (χ4v) is 3.68. The first kappa shape index (κ1) is 14.5. The van der Waals surface area contributed by atoms with Crippen LogP contribution in [0.5, 0.6) is 0 Å². The fourth-order valence-electron chi connectivity index (χ4n) is 2.63. The van der Waals surface area contributed by atoms with E-state index in [1.807, 2.05) is 6.92 Å².